The van der Waals surface area contributed by atoms with Gasteiger partial charge >= 0.3 is 0 Å². The first-order valence-corrected chi connectivity index (χ1v) is 10.9. The van der Waals surface area contributed by atoms with Crippen LogP contribution in [0.4, 0.5) is 0 Å². The minimum absolute atomic E-state index is 0.123. The van der Waals surface area contributed by atoms with Crippen molar-refractivity contribution in [3.05, 3.63) is 23.8 Å². The molecule has 1 heterocycles. The van der Waals surface area contributed by atoms with Crippen LogP contribution in [0.2, 0.25) is 0 Å². The summed E-state index contributed by atoms with van der Waals surface area (Å²) in [5.74, 6) is 1.34. The molecule has 0 radical (unpaired) electrons. The third-order valence-corrected chi connectivity index (χ3v) is 5.51. The number of aliphatic hydroxyl groups excluding tert-OH is 2. The van der Waals surface area contributed by atoms with Gasteiger partial charge in [-0.15, -0.1) is 0 Å². The van der Waals surface area contributed by atoms with Crippen LogP contribution in [-0.4, -0.2) is 91.8 Å². The van der Waals surface area contributed by atoms with Crippen molar-refractivity contribution in [2.45, 2.75) is 45.4 Å². The number of ether oxygens (including phenoxy) is 2. The number of hydrogen-bond acceptors (Lipinski definition) is 7. The molecule has 0 amide bonds. The van der Waals surface area contributed by atoms with Crippen LogP contribution in [0, 0.1) is 0 Å². The zero-order valence-electron chi connectivity index (χ0n) is 18.3. The molecule has 7 nitrogen and oxygen atoms in total. The maximum atomic E-state index is 10.2. The summed E-state index contributed by atoms with van der Waals surface area (Å²) in [5.41, 5.74) is 1.12. The minimum Gasteiger partial charge on any atom is -0.493 e. The number of aliphatic hydroxyl groups is 2. The van der Waals surface area contributed by atoms with Crippen LogP contribution < -0.4 is 14.8 Å². The number of likely N-dealkylation sites (tertiary alicyclic amines) is 1. The maximum absolute atomic E-state index is 10.2. The molecule has 0 bridgehead atoms. The SMILES string of the molecule is CCN(CC)C[C@@H](O)COc1cc(CNCCN2CCC(O)CC2)ccc1OC. The fourth-order valence-corrected chi connectivity index (χ4v) is 3.58. The molecule has 7 heteroatoms. The Morgan fingerprint density at radius 2 is 1.93 bits per heavy atom. The molecule has 1 atom stereocenters. The molecular weight excluding hydrogens is 370 g/mol. The number of hydrogen-bond donors (Lipinski definition) is 3. The maximum Gasteiger partial charge on any atom is 0.161 e. The molecule has 1 aliphatic heterocycles. The first kappa shape index (κ1) is 23.9. The molecule has 0 saturated carbocycles. The Hall–Kier alpha value is -1.38. The Kier molecular flexibility index (Phi) is 10.7. The van der Waals surface area contributed by atoms with Gasteiger partial charge in [0.25, 0.3) is 0 Å². The van der Waals surface area contributed by atoms with Gasteiger partial charge in [0.2, 0.25) is 0 Å². The van der Waals surface area contributed by atoms with Crippen molar-refractivity contribution in [1.29, 1.82) is 0 Å². The van der Waals surface area contributed by atoms with Crippen molar-refractivity contribution in [2.24, 2.45) is 0 Å². The van der Waals surface area contributed by atoms with E-state index in [0.29, 0.717) is 18.0 Å². The molecule has 1 aromatic rings. The van der Waals surface area contributed by atoms with Gasteiger partial charge in [0, 0.05) is 39.3 Å². The van der Waals surface area contributed by atoms with Crippen LogP contribution in [0.5, 0.6) is 11.5 Å². The van der Waals surface area contributed by atoms with Gasteiger partial charge in [0.05, 0.1) is 13.2 Å². The molecule has 1 aliphatic rings. The molecule has 0 aromatic heterocycles. The third-order valence-electron chi connectivity index (χ3n) is 5.51. The highest BCUT2D eigenvalue weighted by atomic mass is 16.5. The van der Waals surface area contributed by atoms with E-state index in [-0.39, 0.29) is 12.7 Å². The molecule has 1 fully saturated rings. The van der Waals surface area contributed by atoms with E-state index < -0.39 is 6.10 Å². The number of nitrogens with zero attached hydrogens (tertiary/aromatic N) is 2. The minimum atomic E-state index is -0.538. The van der Waals surface area contributed by atoms with Gasteiger partial charge in [0.1, 0.15) is 12.7 Å². The average molecular weight is 410 g/mol. The van der Waals surface area contributed by atoms with Gasteiger partial charge < -0.3 is 34.8 Å². The number of rotatable bonds is 13. The number of nitrogens with one attached hydrogen (secondary N) is 1. The topological polar surface area (TPSA) is 77.4 Å². The normalized spacial score (nSPS) is 16.9. The molecule has 29 heavy (non-hydrogen) atoms. The molecule has 1 aromatic carbocycles. The van der Waals surface area contributed by atoms with E-state index >= 15 is 0 Å². The predicted octanol–water partition coefficient (Wildman–Crippen LogP) is 1.32. The first-order valence-electron chi connectivity index (χ1n) is 10.9. The summed E-state index contributed by atoms with van der Waals surface area (Å²) in [7, 11) is 1.63. The summed E-state index contributed by atoms with van der Waals surface area (Å²) >= 11 is 0. The summed E-state index contributed by atoms with van der Waals surface area (Å²) < 4.78 is 11.3. The second kappa shape index (κ2) is 13.0. The highest BCUT2D eigenvalue weighted by Gasteiger charge is 2.16. The van der Waals surface area contributed by atoms with E-state index in [4.69, 9.17) is 9.47 Å². The highest BCUT2D eigenvalue weighted by molar-refractivity contribution is 5.43. The summed E-state index contributed by atoms with van der Waals surface area (Å²) in [6.07, 6.45) is 1.09. The monoisotopic (exact) mass is 409 g/mol. The Labute approximate surface area is 175 Å². The summed E-state index contributed by atoms with van der Waals surface area (Å²) in [4.78, 5) is 4.56. The van der Waals surface area contributed by atoms with Gasteiger partial charge in [-0.2, -0.15) is 0 Å². The molecule has 3 N–H and O–H groups in total. The van der Waals surface area contributed by atoms with Gasteiger partial charge in [-0.05, 0) is 43.6 Å². The van der Waals surface area contributed by atoms with Crippen LogP contribution in [0.3, 0.4) is 0 Å². The molecular formula is C22H39N3O4. The van der Waals surface area contributed by atoms with Gasteiger partial charge in [-0.25, -0.2) is 0 Å². The van der Waals surface area contributed by atoms with Gasteiger partial charge in [0.15, 0.2) is 11.5 Å². The van der Waals surface area contributed by atoms with E-state index in [1.165, 1.54) is 0 Å². The number of methoxy groups -OCH3 is 1. The van der Waals surface area contributed by atoms with Crippen LogP contribution in [0.25, 0.3) is 0 Å². The predicted molar refractivity (Wildman–Crippen MR) is 116 cm³/mol. The Morgan fingerprint density at radius 1 is 1.21 bits per heavy atom. The summed E-state index contributed by atoms with van der Waals surface area (Å²) in [5, 5.41) is 23.3. The Morgan fingerprint density at radius 3 is 2.59 bits per heavy atom. The fraction of sp³-hybridized carbons (Fsp3) is 0.727. The fourth-order valence-electron chi connectivity index (χ4n) is 3.58. The van der Waals surface area contributed by atoms with E-state index in [1.54, 1.807) is 7.11 Å². The van der Waals surface area contributed by atoms with E-state index in [0.717, 1.165) is 64.2 Å². The van der Waals surface area contributed by atoms with E-state index in [2.05, 4.69) is 29.0 Å². The Bertz CT molecular complexity index is 575. The van der Waals surface area contributed by atoms with E-state index in [1.807, 2.05) is 18.2 Å². The zero-order chi connectivity index (χ0) is 21.1. The molecule has 166 valence electrons. The molecule has 0 unspecified atom stereocenters. The van der Waals surface area contributed by atoms with Crippen LogP contribution >= 0.6 is 0 Å². The largest absolute Gasteiger partial charge is 0.493 e. The summed E-state index contributed by atoms with van der Waals surface area (Å²) in [6.45, 7) is 11.4. The molecule has 2 rings (SSSR count). The highest BCUT2D eigenvalue weighted by Crippen LogP contribution is 2.28. The quantitative estimate of drug-likeness (QED) is 0.424. The smallest absolute Gasteiger partial charge is 0.161 e. The van der Waals surface area contributed by atoms with Crippen molar-refractivity contribution >= 4 is 0 Å². The Balaban J connectivity index is 1.78. The molecule has 1 saturated heterocycles. The van der Waals surface area contributed by atoms with Crippen molar-refractivity contribution < 1.29 is 19.7 Å². The molecule has 0 spiro atoms. The number of benzene rings is 1. The van der Waals surface area contributed by atoms with Crippen molar-refractivity contribution in [1.82, 2.24) is 15.1 Å². The second-order valence-electron chi connectivity index (χ2n) is 7.69. The van der Waals surface area contributed by atoms with Crippen LogP contribution in [-0.2, 0) is 6.54 Å². The second-order valence-corrected chi connectivity index (χ2v) is 7.69. The molecule has 0 aliphatic carbocycles. The van der Waals surface area contributed by atoms with Crippen LogP contribution in [0.1, 0.15) is 32.3 Å². The lowest BCUT2D eigenvalue weighted by Crippen LogP contribution is -2.39. The lowest BCUT2D eigenvalue weighted by Gasteiger charge is -2.29. The number of piperidine rings is 1. The summed E-state index contributed by atoms with van der Waals surface area (Å²) in [6, 6.07) is 5.92. The van der Waals surface area contributed by atoms with Crippen molar-refractivity contribution in [2.75, 3.05) is 59.5 Å². The van der Waals surface area contributed by atoms with Crippen LogP contribution in [0.15, 0.2) is 18.2 Å². The first-order chi connectivity index (χ1) is 14.0. The lowest BCUT2D eigenvalue weighted by molar-refractivity contribution is 0.0705. The third kappa shape index (κ3) is 8.48. The average Bonchev–Trinajstić information content (AvgIpc) is 2.74. The van der Waals surface area contributed by atoms with Gasteiger partial charge in [-0.3, -0.25) is 0 Å². The lowest BCUT2D eigenvalue weighted by atomic mass is 10.1. The van der Waals surface area contributed by atoms with Gasteiger partial charge in [-0.1, -0.05) is 19.9 Å². The van der Waals surface area contributed by atoms with Crippen molar-refractivity contribution in [3.8, 4) is 11.5 Å². The van der Waals surface area contributed by atoms with E-state index in [9.17, 15) is 10.2 Å². The standard InChI is InChI=1S/C22H39N3O4/c1-4-24(5-2)16-20(27)17-29-22-14-18(6-7-21(22)28-3)15-23-10-13-25-11-8-19(26)9-12-25/h6-7,14,19-20,23,26-27H,4-5,8-13,15-17H2,1-3H3/t20-/m1/s1. The zero-order valence-corrected chi connectivity index (χ0v) is 18.3. The van der Waals surface area contributed by atoms with Crippen molar-refractivity contribution in [3.63, 3.8) is 0 Å². The number of likely N-dealkylation sites (N-methyl/N-ethyl adjacent to an activating group) is 1.